The molecule has 0 atom stereocenters. The Balaban J connectivity index is 1.89. The molecule has 1 N–H and O–H groups in total. The quantitative estimate of drug-likeness (QED) is 0.714. The molecule has 11 heteroatoms. The number of hydrogen-bond acceptors (Lipinski definition) is 5. The summed E-state index contributed by atoms with van der Waals surface area (Å²) < 4.78 is 71.0. The monoisotopic (exact) mass is 456 g/mol. The van der Waals surface area contributed by atoms with Crippen molar-refractivity contribution >= 4 is 27.6 Å². The van der Waals surface area contributed by atoms with Gasteiger partial charge in [-0.25, -0.2) is 13.2 Å². The number of nitrogens with zero attached hydrogens (tertiary/aromatic N) is 1. The number of benzene rings is 2. The molecule has 2 aromatic rings. The fourth-order valence-corrected chi connectivity index (χ4v) is 4.41. The van der Waals surface area contributed by atoms with E-state index in [-0.39, 0.29) is 35.7 Å². The first-order valence-electron chi connectivity index (χ1n) is 9.12. The maximum absolute atomic E-state index is 12.9. The standard InChI is InChI=1S/C20H19F3N2O5S/c1-12-3-4-14(18(26)30-2)10-17(12)24-31(28,29)16-6-5-13-7-8-25(11-15(13)9-16)19(27)20(21,22)23/h3-6,9-10,24H,7-8,11H2,1-2H3. The second-order valence-electron chi connectivity index (χ2n) is 7.03. The van der Waals surface area contributed by atoms with E-state index in [2.05, 4.69) is 9.46 Å². The SMILES string of the molecule is COC(=O)c1ccc(C)c(NS(=O)(=O)c2ccc3c(c2)CN(C(=O)C(F)(F)F)CC3)c1. The minimum absolute atomic E-state index is 0.102. The molecule has 31 heavy (non-hydrogen) atoms. The van der Waals surface area contributed by atoms with Gasteiger partial charge < -0.3 is 9.64 Å². The predicted molar refractivity (Wildman–Crippen MR) is 105 cm³/mol. The van der Waals surface area contributed by atoms with E-state index in [1.165, 1.54) is 37.4 Å². The first kappa shape index (κ1) is 22.6. The number of aryl methyl sites for hydroxylation is 1. The summed E-state index contributed by atoms with van der Waals surface area (Å²) in [6, 6.07) is 8.51. The van der Waals surface area contributed by atoms with Crippen molar-refractivity contribution in [2.24, 2.45) is 0 Å². The second-order valence-corrected chi connectivity index (χ2v) is 8.71. The van der Waals surface area contributed by atoms with Gasteiger partial charge in [-0.1, -0.05) is 12.1 Å². The van der Waals surface area contributed by atoms with Gasteiger partial charge in [-0.2, -0.15) is 13.2 Å². The highest BCUT2D eigenvalue weighted by Crippen LogP contribution is 2.28. The highest BCUT2D eigenvalue weighted by atomic mass is 32.2. The van der Waals surface area contributed by atoms with E-state index in [1.807, 2.05) is 0 Å². The van der Waals surface area contributed by atoms with Gasteiger partial charge in [0.15, 0.2) is 0 Å². The molecule has 1 aliphatic rings. The zero-order valence-electron chi connectivity index (χ0n) is 16.6. The lowest BCUT2D eigenvalue weighted by Gasteiger charge is -2.29. The smallest absolute Gasteiger partial charge is 0.465 e. The summed E-state index contributed by atoms with van der Waals surface area (Å²) in [6.07, 6.45) is -4.81. The molecule has 0 aliphatic carbocycles. The molecule has 2 aromatic carbocycles. The molecule has 0 fully saturated rings. The third-order valence-electron chi connectivity index (χ3n) is 4.93. The fraction of sp³-hybridized carbons (Fsp3) is 0.300. The average molecular weight is 456 g/mol. The molecule has 0 saturated heterocycles. The highest BCUT2D eigenvalue weighted by molar-refractivity contribution is 7.92. The van der Waals surface area contributed by atoms with E-state index in [0.29, 0.717) is 21.6 Å². The Bertz CT molecular complexity index is 1150. The number of carbonyl (C=O) groups is 2. The van der Waals surface area contributed by atoms with Gasteiger partial charge in [0.1, 0.15) is 0 Å². The number of carbonyl (C=O) groups excluding carboxylic acids is 2. The van der Waals surface area contributed by atoms with Crippen LogP contribution in [0.1, 0.15) is 27.0 Å². The van der Waals surface area contributed by atoms with E-state index < -0.39 is 28.1 Å². The van der Waals surface area contributed by atoms with Crippen LogP contribution in [0.2, 0.25) is 0 Å². The van der Waals surface area contributed by atoms with Gasteiger partial charge in [0, 0.05) is 13.1 Å². The largest absolute Gasteiger partial charge is 0.471 e. The lowest BCUT2D eigenvalue weighted by molar-refractivity contribution is -0.186. The van der Waals surface area contributed by atoms with E-state index in [1.54, 1.807) is 13.0 Å². The Morgan fingerprint density at radius 1 is 1.10 bits per heavy atom. The number of fused-ring (bicyclic) bond motifs is 1. The molecule has 7 nitrogen and oxygen atoms in total. The zero-order chi connectivity index (χ0) is 23.0. The number of ether oxygens (including phenoxy) is 1. The third kappa shape index (κ3) is 4.82. The molecule has 0 saturated carbocycles. The average Bonchev–Trinajstić information content (AvgIpc) is 2.72. The molecular formula is C20H19F3N2O5S. The van der Waals surface area contributed by atoms with Crippen molar-refractivity contribution in [3.8, 4) is 0 Å². The first-order chi connectivity index (χ1) is 14.4. The minimum Gasteiger partial charge on any atom is -0.465 e. The molecule has 1 heterocycles. The highest BCUT2D eigenvalue weighted by Gasteiger charge is 2.43. The lowest BCUT2D eigenvalue weighted by atomic mass is 10.00. The number of anilines is 1. The topological polar surface area (TPSA) is 92.8 Å². The van der Waals surface area contributed by atoms with Gasteiger partial charge in [0.2, 0.25) is 0 Å². The number of amides is 1. The van der Waals surface area contributed by atoms with Crippen LogP contribution < -0.4 is 4.72 Å². The van der Waals surface area contributed by atoms with Gasteiger partial charge >= 0.3 is 18.1 Å². The van der Waals surface area contributed by atoms with Crippen molar-refractivity contribution in [3.63, 3.8) is 0 Å². The number of nitrogens with one attached hydrogen (secondary N) is 1. The van der Waals surface area contributed by atoms with Crippen LogP contribution in [-0.4, -0.2) is 45.0 Å². The van der Waals surface area contributed by atoms with Crippen LogP contribution >= 0.6 is 0 Å². The number of esters is 1. The van der Waals surface area contributed by atoms with Gasteiger partial charge in [0.25, 0.3) is 10.0 Å². The van der Waals surface area contributed by atoms with Crippen molar-refractivity contribution in [2.75, 3.05) is 18.4 Å². The molecule has 1 amide bonds. The molecule has 166 valence electrons. The normalized spacial score (nSPS) is 14.0. The van der Waals surface area contributed by atoms with Crippen LogP contribution in [0.15, 0.2) is 41.3 Å². The minimum atomic E-state index is -5.00. The Morgan fingerprint density at radius 2 is 1.81 bits per heavy atom. The summed E-state index contributed by atoms with van der Waals surface area (Å²) in [7, 11) is -2.91. The molecule has 0 aromatic heterocycles. The summed E-state index contributed by atoms with van der Waals surface area (Å²) in [4.78, 5) is 23.7. The number of halogens is 3. The Morgan fingerprint density at radius 3 is 2.45 bits per heavy atom. The molecule has 0 spiro atoms. The summed E-state index contributed by atoms with van der Waals surface area (Å²) in [5.74, 6) is -2.59. The summed E-state index contributed by atoms with van der Waals surface area (Å²) in [5.41, 5.74) is 1.86. The number of methoxy groups -OCH3 is 1. The van der Waals surface area contributed by atoms with Gasteiger partial charge in [-0.05, 0) is 54.3 Å². The van der Waals surface area contributed by atoms with Crippen LogP contribution in [-0.2, 0) is 32.5 Å². The molecule has 0 bridgehead atoms. The molecule has 0 unspecified atom stereocenters. The maximum Gasteiger partial charge on any atom is 0.471 e. The van der Waals surface area contributed by atoms with Crippen molar-refractivity contribution in [2.45, 2.75) is 31.0 Å². The summed E-state index contributed by atoms with van der Waals surface area (Å²) >= 11 is 0. The summed E-state index contributed by atoms with van der Waals surface area (Å²) in [6.45, 7) is 1.20. The van der Waals surface area contributed by atoms with E-state index >= 15 is 0 Å². The molecule has 1 aliphatic heterocycles. The van der Waals surface area contributed by atoms with Crippen molar-refractivity contribution in [3.05, 3.63) is 58.7 Å². The predicted octanol–water partition coefficient (Wildman–Crippen LogP) is 3.03. The van der Waals surface area contributed by atoms with Gasteiger partial charge in [0.05, 0.1) is 23.3 Å². The van der Waals surface area contributed by atoms with Crippen molar-refractivity contribution in [1.82, 2.24) is 4.90 Å². The van der Waals surface area contributed by atoms with Crippen LogP contribution in [0.3, 0.4) is 0 Å². The molecule has 0 radical (unpaired) electrons. The molecule has 3 rings (SSSR count). The molecular weight excluding hydrogens is 437 g/mol. The Labute approximate surface area is 176 Å². The van der Waals surface area contributed by atoms with Crippen LogP contribution in [0.25, 0.3) is 0 Å². The van der Waals surface area contributed by atoms with Crippen molar-refractivity contribution in [1.29, 1.82) is 0 Å². The van der Waals surface area contributed by atoms with E-state index in [0.717, 1.165) is 0 Å². The number of alkyl halides is 3. The second kappa shape index (κ2) is 8.22. The van der Waals surface area contributed by atoms with Gasteiger partial charge in [-0.3, -0.25) is 9.52 Å². The first-order valence-corrected chi connectivity index (χ1v) is 10.6. The number of rotatable bonds is 4. The van der Waals surface area contributed by atoms with Crippen LogP contribution in [0.5, 0.6) is 0 Å². The summed E-state index contributed by atoms with van der Waals surface area (Å²) in [5, 5.41) is 0. The number of sulfonamides is 1. The van der Waals surface area contributed by atoms with E-state index in [9.17, 15) is 31.2 Å². The lowest BCUT2D eigenvalue weighted by Crippen LogP contribution is -2.43. The fourth-order valence-electron chi connectivity index (χ4n) is 3.23. The number of hydrogen-bond donors (Lipinski definition) is 1. The van der Waals surface area contributed by atoms with Gasteiger partial charge in [-0.15, -0.1) is 0 Å². The third-order valence-corrected chi connectivity index (χ3v) is 6.30. The zero-order valence-corrected chi connectivity index (χ0v) is 17.4. The van der Waals surface area contributed by atoms with Crippen LogP contribution in [0.4, 0.5) is 18.9 Å². The Kier molecular flexibility index (Phi) is 5.99. The Hall–Kier alpha value is -3.08. The maximum atomic E-state index is 12.9. The van der Waals surface area contributed by atoms with E-state index in [4.69, 9.17) is 0 Å². The van der Waals surface area contributed by atoms with Crippen LogP contribution in [0, 0.1) is 6.92 Å². The van der Waals surface area contributed by atoms with Crippen molar-refractivity contribution < 1.29 is 35.9 Å².